The molecule has 3 N–H and O–H groups in total. The summed E-state index contributed by atoms with van der Waals surface area (Å²) in [5.41, 5.74) is 6.30. The number of hydrazine groups is 1. The van der Waals surface area contributed by atoms with Crippen LogP contribution in [0.3, 0.4) is 0 Å². The molecule has 0 spiro atoms. The van der Waals surface area contributed by atoms with Crippen molar-refractivity contribution >= 4 is 17.8 Å². The van der Waals surface area contributed by atoms with Gasteiger partial charge in [0.15, 0.2) is 0 Å². The van der Waals surface area contributed by atoms with Crippen molar-refractivity contribution in [2.75, 3.05) is 5.43 Å². The summed E-state index contributed by atoms with van der Waals surface area (Å²) >= 11 is 0. The largest absolute Gasteiger partial charge is 0.324 e. The summed E-state index contributed by atoms with van der Waals surface area (Å²) in [6.07, 6.45) is 4.02. The van der Waals surface area contributed by atoms with Crippen LogP contribution in [0.2, 0.25) is 0 Å². The van der Waals surface area contributed by atoms with Crippen LogP contribution in [-0.4, -0.2) is 0 Å². The summed E-state index contributed by atoms with van der Waals surface area (Å²) in [5.74, 6) is 5.30. The van der Waals surface area contributed by atoms with Crippen LogP contribution in [0.5, 0.6) is 0 Å². The fourth-order valence-corrected chi connectivity index (χ4v) is 1.55. The second-order valence-electron chi connectivity index (χ2n) is 3.83. The van der Waals surface area contributed by atoms with Gasteiger partial charge in [0.25, 0.3) is 0 Å². The van der Waals surface area contributed by atoms with Crippen molar-refractivity contribution in [1.82, 2.24) is 0 Å². The zero-order valence-electron chi connectivity index (χ0n) is 9.80. The van der Waals surface area contributed by atoms with E-state index in [2.05, 4.69) is 11.5 Å². The van der Waals surface area contributed by atoms with Crippen LogP contribution in [0, 0.1) is 11.3 Å². The van der Waals surface area contributed by atoms with Gasteiger partial charge in [-0.15, -0.1) is 0 Å². The third-order valence-corrected chi connectivity index (χ3v) is 2.59. The van der Waals surface area contributed by atoms with Crippen molar-refractivity contribution in [3.63, 3.8) is 0 Å². The lowest BCUT2D eigenvalue weighted by molar-refractivity contribution is 1.35. The lowest BCUT2D eigenvalue weighted by atomic mass is 10.1. The van der Waals surface area contributed by atoms with Crippen molar-refractivity contribution in [2.24, 2.45) is 5.84 Å². The Hall–Kier alpha value is -2.57. The molecule has 18 heavy (non-hydrogen) atoms. The lowest BCUT2D eigenvalue weighted by Gasteiger charge is -1.99. The molecule has 0 aliphatic heterocycles. The minimum absolute atomic E-state index is 0.672. The van der Waals surface area contributed by atoms with Crippen LogP contribution in [0.1, 0.15) is 16.7 Å². The first-order chi connectivity index (χ1) is 8.81. The lowest BCUT2D eigenvalue weighted by Crippen LogP contribution is -2.05. The van der Waals surface area contributed by atoms with Gasteiger partial charge in [0.1, 0.15) is 0 Å². The van der Waals surface area contributed by atoms with Gasteiger partial charge in [-0.2, -0.15) is 5.26 Å². The quantitative estimate of drug-likeness (QED) is 0.488. The Kier molecular flexibility index (Phi) is 3.75. The van der Waals surface area contributed by atoms with E-state index in [4.69, 9.17) is 11.1 Å². The van der Waals surface area contributed by atoms with E-state index in [9.17, 15) is 0 Å². The summed E-state index contributed by atoms with van der Waals surface area (Å²) in [7, 11) is 0. The van der Waals surface area contributed by atoms with E-state index in [0.29, 0.717) is 5.56 Å². The van der Waals surface area contributed by atoms with Gasteiger partial charge in [-0.25, -0.2) is 0 Å². The summed E-state index contributed by atoms with van der Waals surface area (Å²) in [6.45, 7) is 0. The van der Waals surface area contributed by atoms with Gasteiger partial charge < -0.3 is 5.43 Å². The van der Waals surface area contributed by atoms with E-state index in [-0.39, 0.29) is 0 Å². The summed E-state index contributed by atoms with van der Waals surface area (Å²) in [6, 6.07) is 17.3. The Morgan fingerprint density at radius 2 is 1.39 bits per heavy atom. The normalized spacial score (nSPS) is 10.2. The van der Waals surface area contributed by atoms with Gasteiger partial charge in [-0.1, -0.05) is 36.4 Å². The number of hydrogen-bond acceptors (Lipinski definition) is 3. The number of nitriles is 1. The zero-order chi connectivity index (χ0) is 12.8. The highest BCUT2D eigenvalue weighted by Crippen LogP contribution is 2.12. The second-order valence-corrected chi connectivity index (χ2v) is 3.83. The number of nitrogens with one attached hydrogen (secondary N) is 1. The van der Waals surface area contributed by atoms with E-state index in [1.165, 1.54) is 0 Å². The third-order valence-electron chi connectivity index (χ3n) is 2.59. The van der Waals surface area contributed by atoms with E-state index >= 15 is 0 Å². The first kappa shape index (κ1) is 11.9. The number of hydrogen-bond donors (Lipinski definition) is 2. The van der Waals surface area contributed by atoms with Crippen molar-refractivity contribution in [2.45, 2.75) is 0 Å². The minimum Gasteiger partial charge on any atom is -0.324 e. The maximum absolute atomic E-state index is 8.70. The minimum atomic E-state index is 0.672. The van der Waals surface area contributed by atoms with Crippen molar-refractivity contribution in [3.05, 3.63) is 65.2 Å². The molecular formula is C15H13N3. The molecule has 0 aliphatic rings. The Bertz CT molecular complexity index is 575. The van der Waals surface area contributed by atoms with Crippen LogP contribution < -0.4 is 11.3 Å². The van der Waals surface area contributed by atoms with E-state index in [0.717, 1.165) is 16.8 Å². The average Bonchev–Trinajstić information content (AvgIpc) is 2.46. The number of anilines is 1. The first-order valence-corrected chi connectivity index (χ1v) is 5.57. The standard InChI is InChI=1S/C15H13N3/c16-11-14-5-3-12(4-6-14)1-2-13-7-9-15(18-17)10-8-13/h1-10,18H,17H2. The maximum Gasteiger partial charge on any atom is 0.0991 e. The molecule has 0 aliphatic carbocycles. The SMILES string of the molecule is N#Cc1ccc(C=Cc2ccc(NN)cc2)cc1. The zero-order valence-corrected chi connectivity index (χ0v) is 9.80. The molecule has 0 saturated heterocycles. The summed E-state index contributed by atoms with van der Waals surface area (Å²) in [5, 5.41) is 8.70. The van der Waals surface area contributed by atoms with Crippen molar-refractivity contribution in [1.29, 1.82) is 5.26 Å². The maximum atomic E-state index is 8.70. The Labute approximate surface area is 106 Å². The fourth-order valence-electron chi connectivity index (χ4n) is 1.55. The highest BCUT2D eigenvalue weighted by molar-refractivity contribution is 5.70. The van der Waals surface area contributed by atoms with Gasteiger partial charge in [0, 0.05) is 5.69 Å². The van der Waals surface area contributed by atoms with E-state index < -0.39 is 0 Å². The molecule has 0 saturated carbocycles. The molecule has 2 aromatic carbocycles. The Morgan fingerprint density at radius 3 is 1.83 bits per heavy atom. The average molecular weight is 235 g/mol. The third kappa shape index (κ3) is 2.97. The number of rotatable bonds is 3. The van der Waals surface area contributed by atoms with Gasteiger partial charge >= 0.3 is 0 Å². The Morgan fingerprint density at radius 1 is 0.889 bits per heavy atom. The van der Waals surface area contributed by atoms with E-state index in [1.54, 1.807) is 12.1 Å². The number of benzene rings is 2. The molecule has 0 atom stereocenters. The molecule has 0 amide bonds. The predicted molar refractivity (Wildman–Crippen MR) is 74.3 cm³/mol. The molecule has 0 aromatic heterocycles. The van der Waals surface area contributed by atoms with Crippen LogP contribution in [0.4, 0.5) is 5.69 Å². The Balaban J connectivity index is 2.11. The summed E-state index contributed by atoms with van der Waals surface area (Å²) < 4.78 is 0. The molecular weight excluding hydrogens is 222 g/mol. The molecule has 3 heteroatoms. The molecule has 88 valence electrons. The van der Waals surface area contributed by atoms with Crippen LogP contribution in [-0.2, 0) is 0 Å². The van der Waals surface area contributed by atoms with Crippen LogP contribution in [0.15, 0.2) is 48.5 Å². The van der Waals surface area contributed by atoms with Gasteiger partial charge in [-0.05, 0) is 35.4 Å². The number of nitrogens with zero attached hydrogens (tertiary/aromatic N) is 1. The molecule has 0 fully saturated rings. The monoisotopic (exact) mass is 235 g/mol. The molecule has 0 radical (unpaired) electrons. The van der Waals surface area contributed by atoms with Crippen molar-refractivity contribution < 1.29 is 0 Å². The smallest absolute Gasteiger partial charge is 0.0991 e. The second kappa shape index (κ2) is 5.67. The van der Waals surface area contributed by atoms with Crippen molar-refractivity contribution in [3.8, 4) is 6.07 Å². The molecule has 3 nitrogen and oxygen atoms in total. The topological polar surface area (TPSA) is 61.8 Å². The van der Waals surface area contributed by atoms with Crippen LogP contribution in [0.25, 0.3) is 12.2 Å². The molecule has 2 rings (SSSR count). The first-order valence-electron chi connectivity index (χ1n) is 5.57. The molecule has 0 unspecified atom stereocenters. The molecule has 0 bridgehead atoms. The van der Waals surface area contributed by atoms with Gasteiger partial charge in [0.2, 0.25) is 0 Å². The highest BCUT2D eigenvalue weighted by Gasteiger charge is 1.91. The molecule has 0 heterocycles. The summed E-state index contributed by atoms with van der Waals surface area (Å²) in [4.78, 5) is 0. The van der Waals surface area contributed by atoms with E-state index in [1.807, 2.05) is 48.6 Å². The highest BCUT2D eigenvalue weighted by atomic mass is 15.2. The number of nitrogen functional groups attached to an aromatic ring is 1. The molecule has 2 aromatic rings. The van der Waals surface area contributed by atoms with Gasteiger partial charge in [-0.3, -0.25) is 5.84 Å². The number of nitrogens with two attached hydrogens (primary N) is 1. The van der Waals surface area contributed by atoms with Gasteiger partial charge in [0.05, 0.1) is 11.6 Å². The predicted octanol–water partition coefficient (Wildman–Crippen LogP) is 3.01. The fraction of sp³-hybridized carbons (Fsp3) is 0. The van der Waals surface area contributed by atoms with Crippen LogP contribution >= 0.6 is 0 Å².